The van der Waals surface area contributed by atoms with Gasteiger partial charge in [0, 0.05) is 46.1 Å². The van der Waals surface area contributed by atoms with Gasteiger partial charge in [-0.25, -0.2) is 4.79 Å². The van der Waals surface area contributed by atoms with E-state index < -0.39 is 120 Å². The average Bonchev–Trinajstić information content (AvgIpc) is 3.23. The van der Waals surface area contributed by atoms with E-state index in [4.69, 9.17) is 23.7 Å². The molecule has 0 aromatic heterocycles. The number of carbonyl (C=O) groups is 4. The molecule has 16 atom stereocenters. The van der Waals surface area contributed by atoms with Crippen LogP contribution in [0.2, 0.25) is 0 Å². The maximum absolute atomic E-state index is 14.3. The first-order chi connectivity index (χ1) is 27.8. The van der Waals surface area contributed by atoms with Crippen LogP contribution in [-0.4, -0.2) is 149 Å². The van der Waals surface area contributed by atoms with Gasteiger partial charge in [-0.05, 0) is 88.2 Å². The fraction of sp³-hybridized carbons (Fsp3) is 0.773. The molecule has 5 N–H and O–H groups in total. The predicted octanol–water partition coefficient (Wildman–Crippen LogP) is 2.58. The van der Waals surface area contributed by atoms with Crippen molar-refractivity contribution in [3.05, 3.63) is 36.0 Å². The Bertz CT molecular complexity index is 1550. The average molecular weight is 836 g/mol. The number of hydrogen-bond acceptors (Lipinski definition) is 14. The van der Waals surface area contributed by atoms with E-state index in [0.717, 1.165) is 4.90 Å². The Morgan fingerprint density at radius 3 is 2.20 bits per heavy atom. The van der Waals surface area contributed by atoms with Crippen LogP contribution in [0, 0.1) is 29.6 Å². The van der Waals surface area contributed by atoms with Crippen LogP contribution in [0.15, 0.2) is 36.0 Å². The predicted molar refractivity (Wildman–Crippen MR) is 215 cm³/mol. The van der Waals surface area contributed by atoms with Gasteiger partial charge in [0.25, 0.3) is 11.7 Å². The Kier molecular flexibility index (Phi) is 17.6. The number of carbonyl (C=O) groups excluding carboxylic acids is 4. The van der Waals surface area contributed by atoms with Crippen LogP contribution >= 0.6 is 0 Å². The molecule has 1 aliphatic carbocycles. The van der Waals surface area contributed by atoms with Crippen molar-refractivity contribution < 1.29 is 68.4 Å². The van der Waals surface area contributed by atoms with E-state index in [1.165, 1.54) is 33.5 Å². The van der Waals surface area contributed by atoms with Crippen molar-refractivity contribution in [2.75, 3.05) is 27.9 Å². The first kappa shape index (κ1) is 48.8. The minimum atomic E-state index is -2.61. The highest BCUT2D eigenvalue weighted by atomic mass is 16.7. The Balaban J connectivity index is 1.82. The number of allylic oxidation sites excluding steroid dienone is 1. The lowest BCUT2D eigenvalue weighted by Gasteiger charge is -2.47. The van der Waals surface area contributed by atoms with Crippen molar-refractivity contribution in [3.63, 3.8) is 0 Å². The van der Waals surface area contributed by atoms with Crippen LogP contribution in [0.5, 0.6) is 0 Å². The van der Waals surface area contributed by atoms with Crippen LogP contribution < -0.4 is 0 Å². The highest BCUT2D eigenvalue weighted by Gasteiger charge is 2.57. The molecule has 2 bridgehead atoms. The van der Waals surface area contributed by atoms with Gasteiger partial charge in [0.2, 0.25) is 5.79 Å². The zero-order valence-electron chi connectivity index (χ0n) is 36.0. The topological polar surface area (TPSA) is 219 Å². The number of hydrogen-bond donors (Lipinski definition) is 5. The Hall–Kier alpha value is -2.86. The summed E-state index contributed by atoms with van der Waals surface area (Å²) >= 11 is 0. The summed E-state index contributed by atoms with van der Waals surface area (Å²) in [4.78, 5) is 57.9. The second kappa shape index (κ2) is 21.3. The van der Waals surface area contributed by atoms with Gasteiger partial charge in [-0.1, -0.05) is 39.0 Å². The van der Waals surface area contributed by atoms with Gasteiger partial charge in [0.15, 0.2) is 0 Å². The monoisotopic (exact) mass is 835 g/mol. The third-order valence-electron chi connectivity index (χ3n) is 13.3. The number of nitrogens with zero attached hydrogens (tertiary/aromatic N) is 1. The SMILES string of the molecule is C=CC(O)C1C=C(C)C(O)C(C)CC(OC)C2OC(O)(C(=O)C(=O)N3CCCCC3C(=O)OC(C(C)=CC3CCC(O)C(OC)C3)C(C)C(O)CC1=O)C(C)CC2OC. The van der Waals surface area contributed by atoms with Gasteiger partial charge >= 0.3 is 5.97 Å². The number of ketones is 2. The summed E-state index contributed by atoms with van der Waals surface area (Å²) in [5.41, 5.74) is 0.922. The summed E-state index contributed by atoms with van der Waals surface area (Å²) in [7, 11) is 4.40. The second-order valence-electron chi connectivity index (χ2n) is 17.4. The number of amides is 1. The number of Topliss-reactive ketones (excluding diaryl/α,β-unsaturated/α-hetero) is 2. The number of rotatable bonds is 7. The lowest BCUT2D eigenvalue weighted by molar-refractivity contribution is -0.302. The van der Waals surface area contributed by atoms with E-state index in [9.17, 15) is 44.7 Å². The molecular weight excluding hydrogens is 766 g/mol. The number of esters is 1. The molecule has 3 heterocycles. The van der Waals surface area contributed by atoms with Crippen molar-refractivity contribution in [2.24, 2.45) is 29.6 Å². The number of aliphatic hydroxyl groups is 5. The van der Waals surface area contributed by atoms with Crippen LogP contribution in [0.3, 0.4) is 0 Å². The largest absolute Gasteiger partial charge is 0.456 e. The number of ether oxygens (including phenoxy) is 5. The quantitative estimate of drug-likeness (QED) is 0.142. The highest BCUT2D eigenvalue weighted by molar-refractivity contribution is 6.39. The van der Waals surface area contributed by atoms with Gasteiger partial charge < -0.3 is 54.1 Å². The first-order valence-corrected chi connectivity index (χ1v) is 21.1. The zero-order chi connectivity index (χ0) is 43.9. The second-order valence-corrected chi connectivity index (χ2v) is 17.4. The molecule has 15 heteroatoms. The maximum Gasteiger partial charge on any atom is 0.329 e. The number of methoxy groups -OCH3 is 3. The standard InChI is InChI=1S/C44H69NO14/c1-10-31(46)29-18-23(2)38(50)24(3)19-36(56-8)40-37(57-9)20-26(5)44(54,59-40)41(51)42(52)45-16-12-11-13-30(45)43(53)58-39(27(6)33(48)22-34(29)49)25(4)17-28-14-15-32(47)35(21-28)55-7/h10,17-18,24,26-33,35-40,46-48,50,54H,1,11-16,19-22H2,2-9H3. The maximum atomic E-state index is 14.3. The minimum Gasteiger partial charge on any atom is -0.456 e. The number of fused-ring (bicyclic) bond motifs is 3. The first-order valence-electron chi connectivity index (χ1n) is 21.1. The van der Waals surface area contributed by atoms with Crippen molar-refractivity contribution >= 4 is 23.4 Å². The van der Waals surface area contributed by atoms with Crippen molar-refractivity contribution in [3.8, 4) is 0 Å². The molecule has 15 nitrogen and oxygen atoms in total. The minimum absolute atomic E-state index is 0.0311. The lowest BCUT2D eigenvalue weighted by Crippen LogP contribution is -2.64. The van der Waals surface area contributed by atoms with E-state index in [1.807, 2.05) is 6.08 Å². The molecule has 4 aliphatic rings. The fourth-order valence-corrected chi connectivity index (χ4v) is 9.35. The molecule has 0 aromatic carbocycles. The Morgan fingerprint density at radius 2 is 1.58 bits per heavy atom. The molecule has 2 saturated heterocycles. The van der Waals surface area contributed by atoms with Crippen LogP contribution in [0.25, 0.3) is 0 Å². The highest BCUT2D eigenvalue weighted by Crippen LogP contribution is 2.39. The summed E-state index contributed by atoms with van der Waals surface area (Å²) in [5.74, 6) is -9.95. The molecular formula is C44H69NO14. The molecule has 59 heavy (non-hydrogen) atoms. The molecule has 16 unspecified atom stereocenters. The van der Waals surface area contributed by atoms with Crippen molar-refractivity contribution in [1.29, 1.82) is 0 Å². The van der Waals surface area contributed by atoms with Gasteiger partial charge in [-0.15, -0.1) is 6.58 Å². The number of cyclic esters (lactones) is 1. The van der Waals surface area contributed by atoms with E-state index in [-0.39, 0.29) is 31.7 Å². The number of aliphatic hydroxyl groups excluding tert-OH is 4. The summed E-state index contributed by atoms with van der Waals surface area (Å²) in [6.07, 6.45) is -1.47. The normalized spacial score (nSPS) is 40.9. The fourth-order valence-electron chi connectivity index (χ4n) is 9.35. The molecule has 1 saturated carbocycles. The molecule has 0 radical (unpaired) electrons. The molecule has 1 amide bonds. The smallest absolute Gasteiger partial charge is 0.329 e. The number of piperidine rings is 1. The van der Waals surface area contributed by atoms with E-state index in [1.54, 1.807) is 34.6 Å². The summed E-state index contributed by atoms with van der Waals surface area (Å²) in [6.45, 7) is 12.0. The van der Waals surface area contributed by atoms with Gasteiger partial charge in [0.1, 0.15) is 24.0 Å². The van der Waals surface area contributed by atoms with E-state index >= 15 is 0 Å². The van der Waals surface area contributed by atoms with Gasteiger partial charge in [-0.3, -0.25) is 14.4 Å². The van der Waals surface area contributed by atoms with E-state index in [2.05, 4.69) is 6.58 Å². The molecule has 0 aromatic rings. The molecule has 3 fully saturated rings. The summed E-state index contributed by atoms with van der Waals surface area (Å²) in [6, 6.07) is -1.21. The molecule has 0 spiro atoms. The summed E-state index contributed by atoms with van der Waals surface area (Å²) in [5, 5.41) is 56.7. The molecule has 334 valence electrons. The van der Waals surface area contributed by atoms with Crippen LogP contribution in [0.1, 0.15) is 92.4 Å². The lowest BCUT2D eigenvalue weighted by atomic mass is 9.81. The van der Waals surface area contributed by atoms with Crippen LogP contribution in [-0.2, 0) is 42.9 Å². The van der Waals surface area contributed by atoms with Crippen molar-refractivity contribution in [2.45, 2.75) is 159 Å². The third kappa shape index (κ3) is 11.2. The van der Waals surface area contributed by atoms with Crippen molar-refractivity contribution in [1.82, 2.24) is 4.90 Å². The molecule has 3 aliphatic heterocycles. The summed E-state index contributed by atoms with van der Waals surface area (Å²) < 4.78 is 29.5. The van der Waals surface area contributed by atoms with Gasteiger partial charge in [-0.2, -0.15) is 0 Å². The third-order valence-corrected chi connectivity index (χ3v) is 13.3. The van der Waals surface area contributed by atoms with E-state index in [0.29, 0.717) is 43.3 Å². The zero-order valence-corrected chi connectivity index (χ0v) is 36.0. The van der Waals surface area contributed by atoms with Crippen LogP contribution in [0.4, 0.5) is 0 Å². The Labute approximate surface area is 348 Å². The van der Waals surface area contributed by atoms with Gasteiger partial charge in [0.05, 0.1) is 48.6 Å². The Morgan fingerprint density at radius 1 is 0.932 bits per heavy atom. The molecule has 4 rings (SSSR count).